The first-order valence-corrected chi connectivity index (χ1v) is 10.2. The van der Waals surface area contributed by atoms with E-state index in [9.17, 15) is 13.2 Å². The van der Waals surface area contributed by atoms with Gasteiger partial charge < -0.3 is 14.5 Å². The lowest BCUT2D eigenvalue weighted by Crippen LogP contribution is -2.32. The van der Waals surface area contributed by atoms with E-state index in [1.807, 2.05) is 12.1 Å². The zero-order valence-electron chi connectivity index (χ0n) is 14.7. The first kappa shape index (κ1) is 19.3. The second-order valence-electron chi connectivity index (χ2n) is 6.03. The van der Waals surface area contributed by atoms with E-state index in [-0.39, 0.29) is 4.90 Å². The number of rotatable bonds is 6. The molecule has 1 heterocycles. The van der Waals surface area contributed by atoms with Crippen LogP contribution in [0.3, 0.4) is 0 Å². The standard InChI is InChI=1S/C19H18ClNO5S/c1-12(17-10-13-4-3-5-16(25-2)19(13)26-17)21-18(22)11-27(23,24)15-8-6-14(20)7-9-15/h3-10,12H,11H2,1-2H3,(H,21,22). The van der Waals surface area contributed by atoms with Gasteiger partial charge in [0, 0.05) is 10.4 Å². The quantitative estimate of drug-likeness (QED) is 0.672. The molecule has 3 rings (SSSR count). The summed E-state index contributed by atoms with van der Waals surface area (Å²) in [5.74, 6) is -0.193. The molecule has 0 aliphatic rings. The summed E-state index contributed by atoms with van der Waals surface area (Å²) in [6.45, 7) is 1.72. The monoisotopic (exact) mass is 407 g/mol. The van der Waals surface area contributed by atoms with Crippen LogP contribution in [0.25, 0.3) is 11.0 Å². The second-order valence-corrected chi connectivity index (χ2v) is 8.46. The van der Waals surface area contributed by atoms with Crippen molar-refractivity contribution in [3.05, 3.63) is 59.3 Å². The first-order valence-electron chi connectivity index (χ1n) is 8.14. The van der Waals surface area contributed by atoms with Gasteiger partial charge in [0.05, 0.1) is 18.0 Å². The van der Waals surface area contributed by atoms with Crippen LogP contribution in [0.1, 0.15) is 18.7 Å². The summed E-state index contributed by atoms with van der Waals surface area (Å²) in [4.78, 5) is 12.3. The predicted molar refractivity (Wildman–Crippen MR) is 103 cm³/mol. The Labute approximate surface area is 162 Å². The van der Waals surface area contributed by atoms with Gasteiger partial charge in [0.1, 0.15) is 11.5 Å². The fourth-order valence-electron chi connectivity index (χ4n) is 2.68. The lowest BCUT2D eigenvalue weighted by Gasteiger charge is -2.12. The van der Waals surface area contributed by atoms with E-state index in [2.05, 4.69) is 5.32 Å². The Bertz CT molecular complexity index is 1070. The molecule has 0 aliphatic carbocycles. The van der Waals surface area contributed by atoms with Crippen LogP contribution in [0, 0.1) is 0 Å². The minimum atomic E-state index is -3.76. The van der Waals surface area contributed by atoms with Gasteiger partial charge in [-0.15, -0.1) is 0 Å². The third-order valence-corrected chi connectivity index (χ3v) is 5.93. The third-order valence-electron chi connectivity index (χ3n) is 4.05. The Hall–Kier alpha value is -2.51. The van der Waals surface area contributed by atoms with Crippen LogP contribution in [-0.4, -0.2) is 27.2 Å². The maximum atomic E-state index is 12.4. The Balaban J connectivity index is 1.73. The lowest BCUT2D eigenvalue weighted by atomic mass is 10.2. The Kier molecular flexibility index (Phi) is 5.43. The number of benzene rings is 2. The van der Waals surface area contributed by atoms with Crippen LogP contribution < -0.4 is 10.1 Å². The summed E-state index contributed by atoms with van der Waals surface area (Å²) in [6, 6.07) is 12.4. The number of amides is 1. The van der Waals surface area contributed by atoms with Crippen molar-refractivity contribution in [2.45, 2.75) is 17.9 Å². The highest BCUT2D eigenvalue weighted by molar-refractivity contribution is 7.92. The van der Waals surface area contributed by atoms with Gasteiger partial charge in [-0.05, 0) is 43.3 Å². The molecule has 0 saturated carbocycles. The highest BCUT2D eigenvalue weighted by Crippen LogP contribution is 2.30. The number of para-hydroxylation sites is 1. The Morgan fingerprint density at radius 3 is 2.59 bits per heavy atom. The smallest absolute Gasteiger partial charge is 0.236 e. The minimum absolute atomic E-state index is 0.0446. The summed E-state index contributed by atoms with van der Waals surface area (Å²) in [7, 11) is -2.22. The summed E-state index contributed by atoms with van der Waals surface area (Å²) >= 11 is 5.77. The van der Waals surface area contributed by atoms with Crippen molar-refractivity contribution in [1.29, 1.82) is 0 Å². The Morgan fingerprint density at radius 2 is 1.93 bits per heavy atom. The molecule has 142 valence electrons. The molecule has 1 aromatic heterocycles. The number of carbonyl (C=O) groups is 1. The van der Waals surface area contributed by atoms with Crippen LogP contribution in [0.15, 0.2) is 57.8 Å². The molecular formula is C19H18ClNO5S. The van der Waals surface area contributed by atoms with Crippen LogP contribution in [-0.2, 0) is 14.6 Å². The fraction of sp³-hybridized carbons (Fsp3) is 0.211. The van der Waals surface area contributed by atoms with E-state index in [0.717, 1.165) is 5.39 Å². The average Bonchev–Trinajstić information content (AvgIpc) is 3.06. The number of methoxy groups -OCH3 is 1. The first-order chi connectivity index (χ1) is 12.8. The molecule has 1 N–H and O–H groups in total. The molecule has 6 nitrogen and oxygen atoms in total. The normalized spacial score (nSPS) is 12.7. The van der Waals surface area contributed by atoms with Crippen molar-refractivity contribution in [1.82, 2.24) is 5.32 Å². The van der Waals surface area contributed by atoms with Gasteiger partial charge in [-0.1, -0.05) is 23.7 Å². The zero-order valence-corrected chi connectivity index (χ0v) is 16.3. The van der Waals surface area contributed by atoms with E-state index in [4.69, 9.17) is 20.8 Å². The van der Waals surface area contributed by atoms with Crippen molar-refractivity contribution < 1.29 is 22.4 Å². The van der Waals surface area contributed by atoms with Gasteiger partial charge in [0.25, 0.3) is 0 Å². The van der Waals surface area contributed by atoms with Crippen molar-refractivity contribution >= 4 is 38.3 Å². The second kappa shape index (κ2) is 7.62. The van der Waals surface area contributed by atoms with Crippen molar-refractivity contribution in [3.63, 3.8) is 0 Å². The number of hydrogen-bond donors (Lipinski definition) is 1. The molecule has 1 unspecified atom stereocenters. The maximum absolute atomic E-state index is 12.4. The molecular weight excluding hydrogens is 390 g/mol. The molecule has 1 atom stereocenters. The number of nitrogens with one attached hydrogen (secondary N) is 1. The summed E-state index contributed by atoms with van der Waals surface area (Å²) in [6.07, 6.45) is 0. The van der Waals surface area contributed by atoms with Gasteiger partial charge >= 0.3 is 0 Å². The number of furan rings is 1. The molecule has 1 amide bonds. The molecule has 0 bridgehead atoms. The summed E-state index contributed by atoms with van der Waals surface area (Å²) in [5.41, 5.74) is 0.574. The number of ether oxygens (including phenoxy) is 1. The summed E-state index contributed by atoms with van der Waals surface area (Å²) < 4.78 is 35.7. The number of sulfone groups is 1. The molecule has 0 fully saturated rings. The SMILES string of the molecule is COc1cccc2cc(C(C)NC(=O)CS(=O)(=O)c3ccc(Cl)cc3)oc12. The molecule has 2 aromatic carbocycles. The topological polar surface area (TPSA) is 85.6 Å². The van der Waals surface area contributed by atoms with Gasteiger partial charge in [0.2, 0.25) is 5.91 Å². The molecule has 8 heteroatoms. The van der Waals surface area contributed by atoms with Crippen molar-refractivity contribution in [2.24, 2.45) is 0 Å². The number of fused-ring (bicyclic) bond motifs is 1. The van der Waals surface area contributed by atoms with E-state index in [0.29, 0.717) is 22.1 Å². The van der Waals surface area contributed by atoms with Crippen LogP contribution in [0.2, 0.25) is 5.02 Å². The van der Waals surface area contributed by atoms with E-state index in [1.165, 1.54) is 24.3 Å². The largest absolute Gasteiger partial charge is 0.493 e. The van der Waals surface area contributed by atoms with Crippen LogP contribution in [0.5, 0.6) is 5.75 Å². The van der Waals surface area contributed by atoms with Gasteiger partial charge in [0.15, 0.2) is 21.2 Å². The maximum Gasteiger partial charge on any atom is 0.236 e. The predicted octanol–water partition coefficient (Wildman–Crippen LogP) is 3.75. The fourth-order valence-corrected chi connectivity index (χ4v) is 3.95. The number of halogens is 1. The highest BCUT2D eigenvalue weighted by atomic mass is 35.5. The van der Waals surface area contributed by atoms with Gasteiger partial charge in [-0.25, -0.2) is 8.42 Å². The van der Waals surface area contributed by atoms with Crippen LogP contribution >= 0.6 is 11.6 Å². The van der Waals surface area contributed by atoms with E-state index >= 15 is 0 Å². The minimum Gasteiger partial charge on any atom is -0.493 e. The van der Waals surface area contributed by atoms with Crippen LogP contribution in [0.4, 0.5) is 0 Å². The number of carbonyl (C=O) groups excluding carboxylic acids is 1. The highest BCUT2D eigenvalue weighted by Gasteiger charge is 2.22. The Morgan fingerprint density at radius 1 is 1.22 bits per heavy atom. The zero-order chi connectivity index (χ0) is 19.6. The molecule has 0 aliphatic heterocycles. The van der Waals surface area contributed by atoms with Gasteiger partial charge in [-0.2, -0.15) is 0 Å². The van der Waals surface area contributed by atoms with Gasteiger partial charge in [-0.3, -0.25) is 4.79 Å². The van der Waals surface area contributed by atoms with Crippen molar-refractivity contribution in [3.8, 4) is 5.75 Å². The summed E-state index contributed by atoms with van der Waals surface area (Å²) in [5, 5.41) is 3.91. The van der Waals surface area contributed by atoms with E-state index in [1.54, 1.807) is 26.2 Å². The molecule has 3 aromatic rings. The van der Waals surface area contributed by atoms with Crippen molar-refractivity contribution in [2.75, 3.05) is 12.9 Å². The average molecular weight is 408 g/mol. The molecule has 0 spiro atoms. The van der Waals surface area contributed by atoms with E-state index < -0.39 is 27.5 Å². The third kappa shape index (κ3) is 4.26. The number of hydrogen-bond acceptors (Lipinski definition) is 5. The molecule has 0 saturated heterocycles. The molecule has 0 radical (unpaired) electrons. The lowest BCUT2D eigenvalue weighted by molar-refractivity contribution is -0.119. The molecule has 27 heavy (non-hydrogen) atoms.